The van der Waals surface area contributed by atoms with Crippen molar-refractivity contribution >= 4 is 29.3 Å². The summed E-state index contributed by atoms with van der Waals surface area (Å²) < 4.78 is 10.7. The lowest BCUT2D eigenvalue weighted by molar-refractivity contribution is 0.0594. The van der Waals surface area contributed by atoms with E-state index in [2.05, 4.69) is 19.7 Å². The number of hydrogen-bond acceptors (Lipinski definition) is 7. The standard InChI is InChI=1S/C18H14ClN3O3S/c1-24-17(23)13-6-4-11(8-20-13)15-18(25-16(22-15)10-2-3-10)26-14-7-5-12(19)9-21-14/h4-10H,2-3H2,1H3. The van der Waals surface area contributed by atoms with Crippen LogP contribution in [0.25, 0.3) is 11.3 Å². The minimum atomic E-state index is -0.477. The number of ether oxygens (including phenoxy) is 1. The van der Waals surface area contributed by atoms with Gasteiger partial charge in [0.2, 0.25) is 0 Å². The van der Waals surface area contributed by atoms with Gasteiger partial charge in [-0.25, -0.2) is 19.7 Å². The SMILES string of the molecule is COC(=O)c1ccc(-c2nc(C3CC3)oc2Sc2ccc(Cl)cn2)cn1. The smallest absolute Gasteiger partial charge is 0.356 e. The Labute approximate surface area is 159 Å². The molecule has 132 valence electrons. The summed E-state index contributed by atoms with van der Waals surface area (Å²) in [6.07, 6.45) is 5.36. The molecular weight excluding hydrogens is 374 g/mol. The van der Waals surface area contributed by atoms with Crippen LogP contribution in [0.5, 0.6) is 0 Å². The van der Waals surface area contributed by atoms with Gasteiger partial charge >= 0.3 is 5.97 Å². The van der Waals surface area contributed by atoms with Gasteiger partial charge in [-0.2, -0.15) is 0 Å². The molecule has 0 bridgehead atoms. The fraction of sp³-hybridized carbons (Fsp3) is 0.222. The highest BCUT2D eigenvalue weighted by Gasteiger charge is 2.31. The molecule has 4 rings (SSSR count). The summed E-state index contributed by atoms with van der Waals surface area (Å²) in [5, 5.41) is 1.98. The molecule has 6 nitrogen and oxygen atoms in total. The maximum absolute atomic E-state index is 11.6. The van der Waals surface area contributed by atoms with E-state index in [4.69, 9.17) is 16.0 Å². The van der Waals surface area contributed by atoms with Crippen molar-refractivity contribution in [2.75, 3.05) is 7.11 Å². The van der Waals surface area contributed by atoms with Crippen LogP contribution in [0.15, 0.2) is 51.2 Å². The van der Waals surface area contributed by atoms with Crippen LogP contribution in [0.1, 0.15) is 35.1 Å². The molecule has 1 saturated carbocycles. The summed E-state index contributed by atoms with van der Waals surface area (Å²) in [4.78, 5) is 24.7. The molecule has 0 aliphatic heterocycles. The Balaban J connectivity index is 1.67. The summed E-state index contributed by atoms with van der Waals surface area (Å²) in [6, 6.07) is 7.00. The Kier molecular flexibility index (Phi) is 4.65. The Morgan fingerprint density at radius 1 is 1.23 bits per heavy atom. The summed E-state index contributed by atoms with van der Waals surface area (Å²) in [5.74, 6) is 0.632. The summed E-state index contributed by atoms with van der Waals surface area (Å²) in [5.41, 5.74) is 1.71. The zero-order valence-electron chi connectivity index (χ0n) is 13.8. The minimum absolute atomic E-state index is 0.246. The first-order valence-corrected chi connectivity index (χ1v) is 9.18. The summed E-state index contributed by atoms with van der Waals surface area (Å²) in [7, 11) is 1.32. The van der Waals surface area contributed by atoms with Crippen LogP contribution in [0.2, 0.25) is 5.02 Å². The fourth-order valence-corrected chi connectivity index (χ4v) is 3.29. The van der Waals surface area contributed by atoms with E-state index >= 15 is 0 Å². The van der Waals surface area contributed by atoms with E-state index in [-0.39, 0.29) is 5.69 Å². The first-order chi connectivity index (χ1) is 12.6. The van der Waals surface area contributed by atoms with Gasteiger partial charge < -0.3 is 9.15 Å². The van der Waals surface area contributed by atoms with Crippen LogP contribution in [0.4, 0.5) is 0 Å². The highest BCUT2D eigenvalue weighted by molar-refractivity contribution is 7.99. The van der Waals surface area contributed by atoms with Gasteiger partial charge in [0.1, 0.15) is 16.4 Å². The van der Waals surface area contributed by atoms with Crippen LogP contribution >= 0.6 is 23.4 Å². The predicted octanol–water partition coefficient (Wildman–Crippen LogP) is 4.60. The molecule has 0 atom stereocenters. The molecule has 3 aromatic heterocycles. The average molecular weight is 388 g/mol. The van der Waals surface area contributed by atoms with Crippen LogP contribution in [0.3, 0.4) is 0 Å². The molecule has 1 aliphatic rings. The second-order valence-corrected chi connectivity index (χ2v) is 7.23. The van der Waals surface area contributed by atoms with Crippen LogP contribution < -0.4 is 0 Å². The van der Waals surface area contributed by atoms with Gasteiger partial charge in [-0.1, -0.05) is 11.6 Å². The van der Waals surface area contributed by atoms with Gasteiger partial charge in [0.15, 0.2) is 11.0 Å². The monoisotopic (exact) mass is 387 g/mol. The van der Waals surface area contributed by atoms with Crippen LogP contribution in [-0.4, -0.2) is 28.0 Å². The molecule has 0 radical (unpaired) electrons. The number of pyridine rings is 2. The van der Waals surface area contributed by atoms with E-state index in [1.807, 2.05) is 6.07 Å². The molecule has 0 N–H and O–H groups in total. The number of esters is 1. The third-order valence-electron chi connectivity index (χ3n) is 3.87. The largest absolute Gasteiger partial charge is 0.464 e. The zero-order valence-corrected chi connectivity index (χ0v) is 15.4. The maximum Gasteiger partial charge on any atom is 0.356 e. The van der Waals surface area contributed by atoms with E-state index in [9.17, 15) is 4.79 Å². The number of nitrogens with zero attached hydrogens (tertiary/aromatic N) is 3. The number of aromatic nitrogens is 3. The molecule has 8 heteroatoms. The maximum atomic E-state index is 11.6. The lowest BCUT2D eigenvalue weighted by atomic mass is 10.2. The molecule has 0 aromatic carbocycles. The van der Waals surface area contributed by atoms with Crippen molar-refractivity contribution in [3.05, 3.63) is 53.3 Å². The number of rotatable bonds is 5. The normalized spacial score (nSPS) is 13.6. The lowest BCUT2D eigenvalue weighted by Crippen LogP contribution is -2.03. The van der Waals surface area contributed by atoms with E-state index in [1.54, 1.807) is 30.6 Å². The summed E-state index contributed by atoms with van der Waals surface area (Å²) in [6.45, 7) is 0. The second-order valence-electron chi connectivity index (χ2n) is 5.80. The van der Waals surface area contributed by atoms with Crippen molar-refractivity contribution in [2.24, 2.45) is 0 Å². The molecule has 1 aliphatic carbocycles. The topological polar surface area (TPSA) is 78.1 Å². The molecular formula is C18H14ClN3O3S. The summed E-state index contributed by atoms with van der Waals surface area (Å²) >= 11 is 7.27. The number of methoxy groups -OCH3 is 1. The van der Waals surface area contributed by atoms with Crippen LogP contribution in [0, 0.1) is 0 Å². The third kappa shape index (κ3) is 3.59. The Bertz CT molecular complexity index is 937. The van der Waals surface area contributed by atoms with Crippen molar-refractivity contribution in [1.29, 1.82) is 0 Å². The molecule has 0 amide bonds. The van der Waals surface area contributed by atoms with Gasteiger partial charge in [-0.05, 0) is 48.9 Å². The molecule has 3 heterocycles. The molecule has 0 spiro atoms. The van der Waals surface area contributed by atoms with Crippen molar-refractivity contribution in [2.45, 2.75) is 28.9 Å². The number of halogens is 1. The van der Waals surface area contributed by atoms with Gasteiger partial charge in [0.25, 0.3) is 0 Å². The fourth-order valence-electron chi connectivity index (χ4n) is 2.36. The van der Waals surface area contributed by atoms with E-state index in [1.165, 1.54) is 18.9 Å². The molecule has 26 heavy (non-hydrogen) atoms. The number of carbonyl (C=O) groups excluding carboxylic acids is 1. The highest BCUT2D eigenvalue weighted by Crippen LogP contribution is 2.44. The van der Waals surface area contributed by atoms with E-state index in [0.717, 1.165) is 29.3 Å². The Hall–Kier alpha value is -2.38. The van der Waals surface area contributed by atoms with Crippen LogP contribution in [-0.2, 0) is 4.74 Å². The average Bonchev–Trinajstić information content (AvgIpc) is 3.44. The lowest BCUT2D eigenvalue weighted by Gasteiger charge is -2.02. The van der Waals surface area contributed by atoms with Gasteiger partial charge in [-0.15, -0.1) is 0 Å². The Morgan fingerprint density at radius 3 is 2.69 bits per heavy atom. The molecule has 0 saturated heterocycles. The van der Waals surface area contributed by atoms with Gasteiger partial charge in [0, 0.05) is 23.9 Å². The molecule has 3 aromatic rings. The highest BCUT2D eigenvalue weighted by atomic mass is 35.5. The Morgan fingerprint density at radius 2 is 2.08 bits per heavy atom. The number of hydrogen-bond donors (Lipinski definition) is 0. The third-order valence-corrected chi connectivity index (χ3v) is 5.00. The quantitative estimate of drug-likeness (QED) is 0.592. The van der Waals surface area contributed by atoms with Crippen molar-refractivity contribution in [3.63, 3.8) is 0 Å². The van der Waals surface area contributed by atoms with Crippen molar-refractivity contribution < 1.29 is 13.9 Å². The zero-order chi connectivity index (χ0) is 18.1. The van der Waals surface area contributed by atoms with Crippen molar-refractivity contribution in [1.82, 2.24) is 15.0 Å². The predicted molar refractivity (Wildman–Crippen MR) is 96.4 cm³/mol. The molecule has 0 unspecified atom stereocenters. The first kappa shape index (κ1) is 17.1. The number of carbonyl (C=O) groups is 1. The first-order valence-electron chi connectivity index (χ1n) is 7.99. The minimum Gasteiger partial charge on any atom is -0.464 e. The van der Waals surface area contributed by atoms with Crippen molar-refractivity contribution in [3.8, 4) is 11.3 Å². The van der Waals surface area contributed by atoms with E-state index < -0.39 is 5.97 Å². The van der Waals surface area contributed by atoms with Gasteiger partial charge in [0.05, 0.1) is 12.1 Å². The van der Waals surface area contributed by atoms with Gasteiger partial charge in [-0.3, -0.25) is 0 Å². The number of oxazole rings is 1. The molecule has 1 fully saturated rings. The second kappa shape index (κ2) is 7.09. The van der Waals surface area contributed by atoms with E-state index in [0.29, 0.717) is 21.7 Å².